The summed E-state index contributed by atoms with van der Waals surface area (Å²) in [6.45, 7) is -2.20. The number of pyridine rings is 1. The van der Waals surface area contributed by atoms with Crippen molar-refractivity contribution in [1.29, 1.82) is 0 Å². The van der Waals surface area contributed by atoms with Crippen molar-refractivity contribution in [3.05, 3.63) is 27.5 Å². The lowest BCUT2D eigenvalue weighted by atomic mass is 10.4. The summed E-state index contributed by atoms with van der Waals surface area (Å²) in [7, 11) is 0. The first-order valence-corrected chi connectivity index (χ1v) is 3.40. The molecule has 3 heteroatoms. The first-order valence-electron chi connectivity index (χ1n) is 3.73. The van der Waals surface area contributed by atoms with Crippen LogP contribution in [0.25, 0.3) is 0 Å². The molecule has 0 N–H and O–H groups in total. The van der Waals surface area contributed by atoms with Crippen LogP contribution < -0.4 is 0 Å². The molecule has 0 saturated heterocycles. The molecule has 0 spiro atoms. The summed E-state index contributed by atoms with van der Waals surface area (Å²) in [6.07, 6.45) is 0. The molecule has 0 radical (unpaired) electrons. The van der Waals surface area contributed by atoms with Gasteiger partial charge in [-0.2, -0.15) is 0 Å². The zero-order chi connectivity index (χ0) is 9.35. The van der Waals surface area contributed by atoms with E-state index in [2.05, 4.69) is 20.9 Å². The second-order valence-corrected chi connectivity index (χ2v) is 2.80. The molecule has 48 valence electrons. The van der Waals surface area contributed by atoms with Crippen LogP contribution in [0.1, 0.15) is 9.81 Å². The molecule has 1 aromatic rings. The number of hydrogen-bond acceptors (Lipinski definition) is 1. The van der Waals surface area contributed by atoms with E-state index in [0.717, 1.165) is 0 Å². The lowest BCUT2D eigenvalue weighted by molar-refractivity contribution is 1.19. The molecular weight excluding hydrogens is 201 g/mol. The van der Waals surface area contributed by atoms with E-state index in [1.54, 1.807) is 0 Å². The molecular formula is C6H5BrClN. The maximum atomic E-state index is 7.06. The number of aryl methyl sites for hydroxylation is 1. The Morgan fingerprint density at radius 1 is 1.78 bits per heavy atom. The minimum absolute atomic E-state index is 0.00174. The molecule has 1 nitrogen and oxygen atoms in total. The smallest absolute Gasteiger partial charge is 0.130 e. The van der Waals surface area contributed by atoms with Gasteiger partial charge < -0.3 is 0 Å². The molecule has 0 saturated carbocycles. The van der Waals surface area contributed by atoms with Crippen molar-refractivity contribution in [1.82, 2.24) is 4.98 Å². The fourth-order valence-electron chi connectivity index (χ4n) is 0.466. The van der Waals surface area contributed by atoms with Crippen molar-refractivity contribution in [3.63, 3.8) is 0 Å². The first kappa shape index (κ1) is 3.94. The van der Waals surface area contributed by atoms with Gasteiger partial charge in [0.2, 0.25) is 0 Å². The average molecular weight is 209 g/mol. The molecule has 0 aliphatic carbocycles. The van der Waals surface area contributed by atoms with Gasteiger partial charge in [-0.05, 0) is 19.0 Å². The summed E-state index contributed by atoms with van der Waals surface area (Å²) >= 11 is 8.70. The third-order valence-electron chi connectivity index (χ3n) is 0.759. The highest BCUT2D eigenvalue weighted by atomic mass is 79.9. The van der Waals surface area contributed by atoms with E-state index >= 15 is 0 Å². The zero-order valence-electron chi connectivity index (χ0n) is 7.36. The Balaban J connectivity index is 3.18. The number of halogens is 2. The molecule has 0 unspecified atom stereocenters. The van der Waals surface area contributed by atoms with E-state index in [-0.39, 0.29) is 10.8 Å². The van der Waals surface area contributed by atoms with E-state index in [1.807, 2.05) is 0 Å². The van der Waals surface area contributed by atoms with Gasteiger partial charge in [0.15, 0.2) is 0 Å². The van der Waals surface area contributed by atoms with Crippen LogP contribution in [-0.2, 0) is 0 Å². The number of aromatic nitrogens is 1. The van der Waals surface area contributed by atoms with Crippen LogP contribution in [0.5, 0.6) is 0 Å². The Hall–Kier alpha value is -0.0800. The topological polar surface area (TPSA) is 12.9 Å². The Kier molecular flexibility index (Phi) is 1.17. The maximum absolute atomic E-state index is 7.06. The largest absolute Gasteiger partial charge is 0.241 e. The lowest BCUT2D eigenvalue weighted by Crippen LogP contribution is -1.79. The molecule has 0 bridgehead atoms. The van der Waals surface area contributed by atoms with Crippen molar-refractivity contribution in [2.45, 2.75) is 6.85 Å². The fraction of sp³-hybridized carbons (Fsp3) is 0.167. The van der Waals surface area contributed by atoms with Crippen LogP contribution in [0.2, 0.25) is 5.15 Å². The Morgan fingerprint density at radius 2 is 2.56 bits per heavy atom. The van der Waals surface area contributed by atoms with Crippen molar-refractivity contribution in [2.75, 3.05) is 0 Å². The van der Waals surface area contributed by atoms with E-state index in [9.17, 15) is 0 Å². The Bertz CT molecular complexity index is 279. The van der Waals surface area contributed by atoms with Crippen molar-refractivity contribution < 1.29 is 4.11 Å². The highest BCUT2D eigenvalue weighted by Crippen LogP contribution is 2.14. The molecule has 1 heterocycles. The van der Waals surface area contributed by atoms with Crippen molar-refractivity contribution in [3.8, 4) is 0 Å². The monoisotopic (exact) mass is 208 g/mol. The van der Waals surface area contributed by atoms with E-state index in [0.29, 0.717) is 4.47 Å². The molecule has 1 rings (SSSR count). The van der Waals surface area contributed by atoms with Crippen LogP contribution in [-0.4, -0.2) is 4.98 Å². The van der Waals surface area contributed by atoms with Crippen molar-refractivity contribution >= 4 is 27.5 Å². The van der Waals surface area contributed by atoms with Crippen LogP contribution in [0.4, 0.5) is 0 Å². The molecule has 0 aliphatic rings. The highest BCUT2D eigenvalue weighted by Gasteiger charge is 1.92. The summed E-state index contributed by atoms with van der Waals surface area (Å²) in [6, 6.07) is 2.97. The van der Waals surface area contributed by atoms with Gasteiger partial charge in [-0.3, -0.25) is 0 Å². The zero-order valence-corrected chi connectivity index (χ0v) is 6.70. The Morgan fingerprint density at radius 3 is 3.11 bits per heavy atom. The minimum atomic E-state index is -2.20. The van der Waals surface area contributed by atoms with E-state index in [4.69, 9.17) is 15.7 Å². The maximum Gasteiger partial charge on any atom is 0.130 e. The first-order chi connectivity index (χ1) is 5.39. The van der Waals surface area contributed by atoms with Gasteiger partial charge >= 0.3 is 0 Å². The number of hydrogen-bond donors (Lipinski definition) is 0. The van der Waals surface area contributed by atoms with Gasteiger partial charge in [-0.25, -0.2) is 4.98 Å². The number of nitrogens with zero attached hydrogens (tertiary/aromatic N) is 1. The second-order valence-electron chi connectivity index (χ2n) is 1.49. The second kappa shape index (κ2) is 2.67. The Labute approximate surface area is 71.4 Å². The van der Waals surface area contributed by atoms with Crippen LogP contribution in [0.15, 0.2) is 16.6 Å². The molecule has 1 aromatic heterocycles. The molecule has 0 aliphatic heterocycles. The van der Waals surface area contributed by atoms with E-state index < -0.39 is 6.85 Å². The van der Waals surface area contributed by atoms with Crippen LogP contribution in [0.3, 0.4) is 0 Å². The molecule has 0 fully saturated rings. The SMILES string of the molecule is [2H]C([2H])([2H])c1cc(Br)cc(Cl)n1. The average Bonchev–Trinajstić information content (AvgIpc) is 1.82. The molecule has 9 heavy (non-hydrogen) atoms. The van der Waals surface area contributed by atoms with Gasteiger partial charge in [0, 0.05) is 14.3 Å². The minimum Gasteiger partial charge on any atom is -0.241 e. The van der Waals surface area contributed by atoms with Gasteiger partial charge in [-0.15, -0.1) is 0 Å². The fourth-order valence-corrected chi connectivity index (χ4v) is 1.24. The van der Waals surface area contributed by atoms with Crippen LogP contribution >= 0.6 is 27.5 Å². The van der Waals surface area contributed by atoms with Gasteiger partial charge in [0.25, 0.3) is 0 Å². The summed E-state index contributed by atoms with van der Waals surface area (Å²) in [4.78, 5) is 3.68. The molecule has 0 atom stereocenters. The van der Waals surface area contributed by atoms with Gasteiger partial charge in [0.1, 0.15) is 5.15 Å². The van der Waals surface area contributed by atoms with Gasteiger partial charge in [-0.1, -0.05) is 27.5 Å². The predicted octanol–water partition coefficient (Wildman–Crippen LogP) is 2.81. The lowest BCUT2D eigenvalue weighted by Gasteiger charge is -1.93. The summed E-state index contributed by atoms with van der Waals surface area (Å²) in [5, 5.41) is 0.176. The van der Waals surface area contributed by atoms with Crippen LogP contribution in [0, 0.1) is 6.85 Å². The normalized spacial score (nSPS) is 16.0. The highest BCUT2D eigenvalue weighted by molar-refractivity contribution is 9.10. The third kappa shape index (κ3) is 1.95. The predicted molar refractivity (Wildman–Crippen MR) is 41.7 cm³/mol. The third-order valence-corrected chi connectivity index (χ3v) is 1.41. The van der Waals surface area contributed by atoms with Gasteiger partial charge in [0.05, 0.1) is 0 Å². The molecule has 0 aromatic carbocycles. The standard InChI is InChI=1S/C6H5BrClN/c1-4-2-5(7)3-6(8)9-4/h2-3H,1H3/i1D3. The quantitative estimate of drug-likeness (QED) is 0.599. The van der Waals surface area contributed by atoms with E-state index in [1.165, 1.54) is 12.1 Å². The summed E-state index contributed by atoms with van der Waals surface area (Å²) < 4.78 is 21.8. The van der Waals surface area contributed by atoms with Crippen molar-refractivity contribution in [2.24, 2.45) is 0 Å². The summed E-state index contributed by atoms with van der Waals surface area (Å²) in [5.41, 5.74) is 0.00174. The summed E-state index contributed by atoms with van der Waals surface area (Å²) in [5.74, 6) is 0. The molecule has 0 amide bonds. The number of rotatable bonds is 0.